The van der Waals surface area contributed by atoms with Crippen LogP contribution in [0.1, 0.15) is 26.4 Å². The highest BCUT2D eigenvalue weighted by atomic mass is 16.4. The van der Waals surface area contributed by atoms with E-state index in [9.17, 15) is 9.59 Å². The van der Waals surface area contributed by atoms with Crippen LogP contribution in [0.15, 0.2) is 42.6 Å². The van der Waals surface area contributed by atoms with Crippen LogP contribution in [0.3, 0.4) is 0 Å². The molecule has 0 fully saturated rings. The minimum atomic E-state index is -1.09. The molecule has 0 spiro atoms. The predicted molar refractivity (Wildman–Crippen MR) is 73.2 cm³/mol. The second-order valence-electron chi connectivity index (χ2n) is 4.13. The van der Waals surface area contributed by atoms with Crippen LogP contribution in [0.25, 0.3) is 0 Å². The number of nitrogens with two attached hydrogens (primary N) is 1. The Bertz CT molecular complexity index is 638. The first-order valence-corrected chi connectivity index (χ1v) is 5.89. The van der Waals surface area contributed by atoms with Crippen molar-refractivity contribution in [2.75, 3.05) is 5.73 Å². The number of nitrogens with zero attached hydrogens (tertiary/aromatic N) is 1. The maximum Gasteiger partial charge on any atom is 0.354 e. The number of rotatable bonds is 4. The molecular formula is C14H13N3O3. The SMILES string of the molecule is Nc1ccccc1C(=O)NCc1ccc(C(=O)O)nc1. The number of aromatic carboxylic acids is 1. The van der Waals surface area contributed by atoms with Crippen molar-refractivity contribution in [3.05, 3.63) is 59.4 Å². The summed E-state index contributed by atoms with van der Waals surface area (Å²) in [6.07, 6.45) is 1.41. The third-order valence-corrected chi connectivity index (χ3v) is 2.70. The fraction of sp³-hybridized carbons (Fsp3) is 0.0714. The van der Waals surface area contributed by atoms with E-state index in [1.165, 1.54) is 12.3 Å². The van der Waals surface area contributed by atoms with Crippen LogP contribution in [0, 0.1) is 0 Å². The third-order valence-electron chi connectivity index (χ3n) is 2.70. The summed E-state index contributed by atoms with van der Waals surface area (Å²) in [7, 11) is 0. The molecule has 0 aliphatic rings. The van der Waals surface area contributed by atoms with Crippen LogP contribution in [-0.4, -0.2) is 22.0 Å². The third kappa shape index (κ3) is 3.11. The van der Waals surface area contributed by atoms with E-state index >= 15 is 0 Å². The predicted octanol–water partition coefficient (Wildman–Crippen LogP) is 1.29. The minimum Gasteiger partial charge on any atom is -0.477 e. The van der Waals surface area contributed by atoms with Crippen LogP contribution in [0.5, 0.6) is 0 Å². The lowest BCUT2D eigenvalue weighted by Gasteiger charge is -2.07. The van der Waals surface area contributed by atoms with Gasteiger partial charge in [-0.15, -0.1) is 0 Å². The number of carboxylic acids is 1. The van der Waals surface area contributed by atoms with Gasteiger partial charge < -0.3 is 16.2 Å². The number of para-hydroxylation sites is 1. The number of nitrogens with one attached hydrogen (secondary N) is 1. The molecule has 1 aromatic carbocycles. The number of hydrogen-bond donors (Lipinski definition) is 3. The summed E-state index contributed by atoms with van der Waals surface area (Å²) in [6, 6.07) is 9.76. The molecule has 0 aliphatic carbocycles. The van der Waals surface area contributed by atoms with Gasteiger partial charge in [-0.05, 0) is 23.8 Å². The van der Waals surface area contributed by atoms with Crippen molar-refractivity contribution in [1.29, 1.82) is 0 Å². The number of carboxylic acid groups (broad SMARTS) is 1. The van der Waals surface area contributed by atoms with Gasteiger partial charge in [0.15, 0.2) is 0 Å². The van der Waals surface area contributed by atoms with Crippen molar-refractivity contribution in [3.8, 4) is 0 Å². The molecule has 0 unspecified atom stereocenters. The smallest absolute Gasteiger partial charge is 0.354 e. The quantitative estimate of drug-likeness (QED) is 0.727. The zero-order valence-corrected chi connectivity index (χ0v) is 10.5. The zero-order valence-electron chi connectivity index (χ0n) is 10.5. The highest BCUT2D eigenvalue weighted by molar-refractivity contribution is 5.99. The summed E-state index contributed by atoms with van der Waals surface area (Å²) < 4.78 is 0. The van der Waals surface area contributed by atoms with Crippen molar-refractivity contribution in [2.45, 2.75) is 6.54 Å². The van der Waals surface area contributed by atoms with Crippen molar-refractivity contribution >= 4 is 17.6 Å². The largest absolute Gasteiger partial charge is 0.477 e. The van der Waals surface area contributed by atoms with Crippen LogP contribution in [-0.2, 0) is 6.54 Å². The second-order valence-corrected chi connectivity index (χ2v) is 4.13. The summed E-state index contributed by atoms with van der Waals surface area (Å²) in [5, 5.41) is 11.4. The highest BCUT2D eigenvalue weighted by Crippen LogP contribution is 2.10. The Hall–Kier alpha value is -2.89. The lowest BCUT2D eigenvalue weighted by atomic mass is 10.1. The van der Waals surface area contributed by atoms with E-state index in [2.05, 4.69) is 10.3 Å². The molecule has 102 valence electrons. The summed E-state index contributed by atoms with van der Waals surface area (Å²) in [5.74, 6) is -1.37. The van der Waals surface area contributed by atoms with Gasteiger partial charge in [0, 0.05) is 18.4 Å². The van der Waals surface area contributed by atoms with Gasteiger partial charge in [-0.1, -0.05) is 18.2 Å². The maximum atomic E-state index is 11.9. The van der Waals surface area contributed by atoms with Gasteiger partial charge in [0.1, 0.15) is 5.69 Å². The summed E-state index contributed by atoms with van der Waals surface area (Å²) in [6.45, 7) is 0.250. The van der Waals surface area contributed by atoms with E-state index in [0.29, 0.717) is 16.8 Å². The molecule has 0 atom stereocenters. The van der Waals surface area contributed by atoms with Crippen molar-refractivity contribution < 1.29 is 14.7 Å². The van der Waals surface area contributed by atoms with Crippen LogP contribution in [0.4, 0.5) is 5.69 Å². The van der Waals surface area contributed by atoms with Crippen LogP contribution in [0.2, 0.25) is 0 Å². The number of nitrogen functional groups attached to an aromatic ring is 1. The van der Waals surface area contributed by atoms with E-state index in [1.54, 1.807) is 30.3 Å². The standard InChI is InChI=1S/C14H13N3O3/c15-11-4-2-1-3-10(11)13(18)17-8-9-5-6-12(14(19)20)16-7-9/h1-7H,8,15H2,(H,17,18)(H,19,20). The van der Waals surface area contributed by atoms with Gasteiger partial charge in [0.25, 0.3) is 5.91 Å². The molecule has 0 aliphatic heterocycles. The highest BCUT2D eigenvalue weighted by Gasteiger charge is 2.09. The molecule has 6 nitrogen and oxygen atoms in total. The average molecular weight is 271 g/mol. The molecule has 4 N–H and O–H groups in total. The normalized spacial score (nSPS) is 10.0. The first kappa shape index (κ1) is 13.5. The number of carbonyl (C=O) groups is 2. The number of amides is 1. The molecule has 20 heavy (non-hydrogen) atoms. The molecule has 1 heterocycles. The average Bonchev–Trinajstić information content (AvgIpc) is 2.45. The lowest BCUT2D eigenvalue weighted by molar-refractivity contribution is 0.0690. The Balaban J connectivity index is 2.00. The monoisotopic (exact) mass is 271 g/mol. The van der Waals surface area contributed by atoms with Gasteiger partial charge in [-0.2, -0.15) is 0 Å². The Morgan fingerprint density at radius 1 is 1.20 bits per heavy atom. The van der Waals surface area contributed by atoms with Gasteiger partial charge in [0.05, 0.1) is 5.56 Å². The van der Waals surface area contributed by atoms with E-state index in [0.717, 1.165) is 0 Å². The Labute approximate surface area is 115 Å². The molecule has 1 amide bonds. The van der Waals surface area contributed by atoms with E-state index < -0.39 is 5.97 Å². The molecule has 2 aromatic rings. The van der Waals surface area contributed by atoms with Gasteiger partial charge in [-0.3, -0.25) is 4.79 Å². The molecule has 1 aromatic heterocycles. The number of hydrogen-bond acceptors (Lipinski definition) is 4. The Morgan fingerprint density at radius 3 is 2.55 bits per heavy atom. The van der Waals surface area contributed by atoms with Crippen LogP contribution < -0.4 is 11.1 Å². The Kier molecular flexibility index (Phi) is 3.95. The number of pyridine rings is 1. The lowest BCUT2D eigenvalue weighted by Crippen LogP contribution is -2.23. The Morgan fingerprint density at radius 2 is 1.95 bits per heavy atom. The topological polar surface area (TPSA) is 105 Å². The molecule has 0 bridgehead atoms. The van der Waals surface area contributed by atoms with Crippen LogP contribution >= 0.6 is 0 Å². The summed E-state index contributed by atoms with van der Waals surface area (Å²) >= 11 is 0. The maximum absolute atomic E-state index is 11.9. The first-order chi connectivity index (χ1) is 9.58. The van der Waals surface area contributed by atoms with Gasteiger partial charge >= 0.3 is 5.97 Å². The fourth-order valence-corrected chi connectivity index (χ4v) is 1.64. The molecule has 0 radical (unpaired) electrons. The van der Waals surface area contributed by atoms with Crippen molar-refractivity contribution in [3.63, 3.8) is 0 Å². The van der Waals surface area contributed by atoms with Crippen molar-refractivity contribution in [1.82, 2.24) is 10.3 Å². The zero-order chi connectivity index (χ0) is 14.5. The molecule has 6 heteroatoms. The molecular weight excluding hydrogens is 258 g/mol. The van der Waals surface area contributed by atoms with E-state index in [-0.39, 0.29) is 18.1 Å². The number of aromatic nitrogens is 1. The number of benzene rings is 1. The number of carbonyl (C=O) groups excluding carboxylic acids is 1. The number of anilines is 1. The van der Waals surface area contributed by atoms with Gasteiger partial charge in [-0.25, -0.2) is 9.78 Å². The van der Waals surface area contributed by atoms with E-state index in [1.807, 2.05) is 0 Å². The van der Waals surface area contributed by atoms with Crippen molar-refractivity contribution in [2.24, 2.45) is 0 Å². The van der Waals surface area contributed by atoms with Gasteiger partial charge in [0.2, 0.25) is 0 Å². The summed E-state index contributed by atoms with van der Waals surface area (Å²) in [5.41, 5.74) is 7.19. The fourth-order valence-electron chi connectivity index (χ4n) is 1.64. The second kappa shape index (κ2) is 5.83. The summed E-state index contributed by atoms with van der Waals surface area (Å²) in [4.78, 5) is 26.3. The molecule has 2 rings (SSSR count). The molecule has 0 saturated heterocycles. The minimum absolute atomic E-state index is 0.0348. The first-order valence-electron chi connectivity index (χ1n) is 5.89. The van der Waals surface area contributed by atoms with E-state index in [4.69, 9.17) is 10.8 Å². The molecule has 0 saturated carbocycles.